The Morgan fingerprint density at radius 1 is 1.33 bits per heavy atom. The average Bonchev–Trinajstić information content (AvgIpc) is 2.07. The van der Waals surface area contributed by atoms with Gasteiger partial charge < -0.3 is 10.6 Å². The van der Waals surface area contributed by atoms with Gasteiger partial charge in [0.25, 0.3) is 0 Å². The molecule has 0 bridgehead atoms. The topological polar surface area (TPSA) is 58.2 Å². The van der Waals surface area contributed by atoms with Crippen LogP contribution in [0.1, 0.15) is 0 Å². The Morgan fingerprint density at radius 2 is 2.17 bits per heavy atom. The van der Waals surface area contributed by atoms with E-state index in [0.717, 1.165) is 0 Å². The number of amides is 2. The summed E-state index contributed by atoms with van der Waals surface area (Å²) in [6.07, 6.45) is 8.06. The molecule has 0 spiro atoms. The second-order valence-electron chi connectivity index (χ2n) is 2.51. The van der Waals surface area contributed by atoms with Gasteiger partial charge in [0.15, 0.2) is 0 Å². The van der Waals surface area contributed by atoms with Crippen LogP contribution >= 0.6 is 0 Å². The third kappa shape index (κ3) is 1.01. The van der Waals surface area contributed by atoms with E-state index in [1.54, 1.807) is 18.2 Å². The second kappa shape index (κ2) is 2.48. The van der Waals surface area contributed by atoms with Crippen LogP contribution in [0.3, 0.4) is 0 Å². The summed E-state index contributed by atoms with van der Waals surface area (Å²) < 4.78 is 0. The lowest BCUT2D eigenvalue weighted by Crippen LogP contribution is -2.54. The Hall–Kier alpha value is -1.58. The summed E-state index contributed by atoms with van der Waals surface area (Å²) in [6.45, 7) is 0. The number of allylic oxidation sites excluding steroid dienone is 2. The van der Waals surface area contributed by atoms with Gasteiger partial charge in [-0.25, -0.2) is 0 Å². The quantitative estimate of drug-likeness (QED) is 0.455. The molecule has 60 valence electrons. The minimum Gasteiger partial charge on any atom is -0.339 e. The van der Waals surface area contributed by atoms with Crippen LogP contribution < -0.4 is 10.6 Å². The van der Waals surface area contributed by atoms with Crippen LogP contribution in [0.15, 0.2) is 23.9 Å². The maximum Gasteiger partial charge on any atom is 0.313 e. The molecule has 1 saturated heterocycles. The first kappa shape index (κ1) is 7.09. The van der Waals surface area contributed by atoms with Crippen LogP contribution in [-0.2, 0) is 9.59 Å². The first-order valence-corrected chi connectivity index (χ1v) is 3.52. The van der Waals surface area contributed by atoms with Gasteiger partial charge in [0.05, 0.1) is 6.04 Å². The number of hydrogen-bond acceptors (Lipinski definition) is 2. The number of hydrogen-bond donors (Lipinski definition) is 2. The number of carbonyl (C=O) groups is 2. The molecule has 1 aliphatic carbocycles. The molecule has 12 heavy (non-hydrogen) atoms. The number of fused-ring (bicyclic) bond motifs is 1. The number of piperazine rings is 1. The Bertz CT molecular complexity index is 304. The zero-order valence-corrected chi connectivity index (χ0v) is 6.13. The van der Waals surface area contributed by atoms with Crippen LogP contribution in [0.4, 0.5) is 0 Å². The van der Waals surface area contributed by atoms with Crippen molar-refractivity contribution in [2.45, 2.75) is 6.04 Å². The van der Waals surface area contributed by atoms with Crippen LogP contribution in [0.5, 0.6) is 0 Å². The Labute approximate surface area is 69.3 Å². The highest BCUT2D eigenvalue weighted by Crippen LogP contribution is 2.11. The molecule has 1 fully saturated rings. The third-order valence-corrected chi connectivity index (χ3v) is 1.69. The molecule has 0 aromatic rings. The van der Waals surface area contributed by atoms with Crippen molar-refractivity contribution in [2.24, 2.45) is 0 Å². The average molecular weight is 162 g/mol. The molecule has 4 nitrogen and oxygen atoms in total. The first-order valence-electron chi connectivity index (χ1n) is 3.52. The van der Waals surface area contributed by atoms with E-state index >= 15 is 0 Å². The highest BCUT2D eigenvalue weighted by molar-refractivity contribution is 6.36. The zero-order valence-electron chi connectivity index (χ0n) is 6.13. The largest absolute Gasteiger partial charge is 0.339 e. The van der Waals surface area contributed by atoms with E-state index in [1.165, 1.54) is 0 Å². The maximum atomic E-state index is 10.8. The maximum absolute atomic E-state index is 10.8. The van der Waals surface area contributed by atoms with Crippen LogP contribution in [0.25, 0.3) is 0 Å². The van der Waals surface area contributed by atoms with Gasteiger partial charge >= 0.3 is 11.8 Å². The van der Waals surface area contributed by atoms with Crippen molar-refractivity contribution >= 4 is 11.8 Å². The fourth-order valence-electron chi connectivity index (χ4n) is 1.11. The van der Waals surface area contributed by atoms with Crippen LogP contribution in [0.2, 0.25) is 0 Å². The molecule has 2 N–H and O–H groups in total. The van der Waals surface area contributed by atoms with E-state index in [2.05, 4.69) is 17.1 Å². The molecule has 1 aliphatic heterocycles. The summed E-state index contributed by atoms with van der Waals surface area (Å²) in [5.74, 6) is -1.23. The summed E-state index contributed by atoms with van der Waals surface area (Å²) in [5.41, 5.74) is 0.669. The number of nitrogens with one attached hydrogen (secondary N) is 2. The molecule has 1 unspecified atom stereocenters. The van der Waals surface area contributed by atoms with Gasteiger partial charge in [0.2, 0.25) is 0 Å². The minimum absolute atomic E-state index is 0.291. The predicted molar refractivity (Wildman–Crippen MR) is 40.5 cm³/mol. The summed E-state index contributed by atoms with van der Waals surface area (Å²) >= 11 is 0. The van der Waals surface area contributed by atoms with E-state index in [0.29, 0.717) is 5.70 Å². The van der Waals surface area contributed by atoms with Gasteiger partial charge in [-0.05, 0) is 6.08 Å². The minimum atomic E-state index is -0.616. The van der Waals surface area contributed by atoms with Gasteiger partial charge in [-0.2, -0.15) is 0 Å². The van der Waals surface area contributed by atoms with Crippen molar-refractivity contribution < 1.29 is 9.59 Å². The highest BCUT2D eigenvalue weighted by Gasteiger charge is 2.29. The second-order valence-corrected chi connectivity index (χ2v) is 2.51. The first-order chi connectivity index (χ1) is 5.77. The van der Waals surface area contributed by atoms with Crippen molar-refractivity contribution in [3.05, 3.63) is 30.3 Å². The summed E-state index contributed by atoms with van der Waals surface area (Å²) in [5, 5.41) is 4.95. The summed E-state index contributed by atoms with van der Waals surface area (Å²) in [7, 11) is 0. The van der Waals surface area contributed by atoms with Gasteiger partial charge in [0, 0.05) is 12.1 Å². The van der Waals surface area contributed by atoms with Gasteiger partial charge in [0.1, 0.15) is 0 Å². The molecule has 0 aromatic heterocycles. The Balaban J connectivity index is 2.25. The van der Waals surface area contributed by atoms with Crippen molar-refractivity contribution in [3.63, 3.8) is 0 Å². The summed E-state index contributed by atoms with van der Waals surface area (Å²) in [6, 6.07) is -0.291. The van der Waals surface area contributed by atoms with Gasteiger partial charge in [-0.3, -0.25) is 9.59 Å². The third-order valence-electron chi connectivity index (χ3n) is 1.69. The molecule has 2 radical (unpaired) electrons. The SMILES string of the molecule is O=C1NC2=CC=C[C]C2NC1=O. The highest BCUT2D eigenvalue weighted by atomic mass is 16.2. The lowest BCUT2D eigenvalue weighted by atomic mass is 10.0. The van der Waals surface area contributed by atoms with E-state index < -0.39 is 11.8 Å². The lowest BCUT2D eigenvalue weighted by molar-refractivity contribution is -0.140. The molecular formula is C8H6N2O2. The molecule has 2 aliphatic rings. The van der Waals surface area contributed by atoms with Gasteiger partial charge in [-0.1, -0.05) is 12.2 Å². The van der Waals surface area contributed by atoms with E-state index in [-0.39, 0.29) is 6.04 Å². The molecule has 1 heterocycles. The predicted octanol–water partition coefficient (Wildman–Crippen LogP) is -0.864. The zero-order chi connectivity index (χ0) is 8.55. The molecule has 0 saturated carbocycles. The van der Waals surface area contributed by atoms with E-state index in [1.807, 2.05) is 0 Å². The van der Waals surface area contributed by atoms with E-state index in [4.69, 9.17) is 0 Å². The monoisotopic (exact) mass is 162 g/mol. The van der Waals surface area contributed by atoms with Crippen molar-refractivity contribution in [3.8, 4) is 0 Å². The normalized spacial score (nSPS) is 27.0. The van der Waals surface area contributed by atoms with Crippen LogP contribution in [-0.4, -0.2) is 17.9 Å². The molecule has 0 aromatic carbocycles. The fourth-order valence-corrected chi connectivity index (χ4v) is 1.11. The smallest absolute Gasteiger partial charge is 0.313 e. The van der Waals surface area contributed by atoms with Crippen molar-refractivity contribution in [2.75, 3.05) is 0 Å². The van der Waals surface area contributed by atoms with Crippen molar-refractivity contribution in [1.29, 1.82) is 0 Å². The standard InChI is InChI=1S/C8H6N2O2/c11-7-8(12)10-6-4-2-1-3-5(6)9-7/h1-3,6H,(H,9,11)(H,10,12). The van der Waals surface area contributed by atoms with Crippen LogP contribution in [0, 0.1) is 6.42 Å². The molecule has 2 amide bonds. The summed E-state index contributed by atoms with van der Waals surface area (Å²) in [4.78, 5) is 21.7. The van der Waals surface area contributed by atoms with Gasteiger partial charge in [-0.15, -0.1) is 0 Å². The molecular weight excluding hydrogens is 156 g/mol. The Morgan fingerprint density at radius 3 is 3.00 bits per heavy atom. The van der Waals surface area contributed by atoms with E-state index in [9.17, 15) is 9.59 Å². The van der Waals surface area contributed by atoms with Crippen molar-refractivity contribution in [1.82, 2.24) is 10.6 Å². The molecule has 4 heteroatoms. The lowest BCUT2D eigenvalue weighted by Gasteiger charge is -2.26. The number of carbonyl (C=O) groups excluding carboxylic acids is 2. The Kier molecular flexibility index (Phi) is 1.46. The molecule has 1 atom stereocenters. The molecule has 2 rings (SSSR count). The fraction of sp³-hybridized carbons (Fsp3) is 0.125. The number of rotatable bonds is 0.